The van der Waals surface area contributed by atoms with Crippen molar-refractivity contribution in [1.29, 1.82) is 0 Å². The number of aromatic nitrogens is 2. The summed E-state index contributed by atoms with van der Waals surface area (Å²) in [6, 6.07) is 15.3. The molecule has 0 saturated heterocycles. The predicted molar refractivity (Wildman–Crippen MR) is 117 cm³/mol. The number of rotatable bonds is 5. The molecule has 3 rings (SSSR count). The van der Waals surface area contributed by atoms with Crippen LogP contribution in [0.1, 0.15) is 25.2 Å². The normalized spacial score (nSPS) is 12.0. The van der Waals surface area contributed by atoms with E-state index >= 15 is 0 Å². The van der Waals surface area contributed by atoms with Crippen LogP contribution in [-0.2, 0) is 14.6 Å². The lowest BCUT2D eigenvalue weighted by molar-refractivity contribution is -0.117. The van der Waals surface area contributed by atoms with Gasteiger partial charge in [-0.05, 0) is 76.2 Å². The number of sulfone groups is 1. The second-order valence-electron chi connectivity index (χ2n) is 7.31. The van der Waals surface area contributed by atoms with Crippen LogP contribution in [0.4, 0.5) is 5.69 Å². The van der Waals surface area contributed by atoms with Gasteiger partial charge in [0.25, 0.3) is 0 Å². The van der Waals surface area contributed by atoms with Crippen molar-refractivity contribution < 1.29 is 13.2 Å². The first kappa shape index (κ1) is 21.3. The highest BCUT2D eigenvalue weighted by Gasteiger charge is 2.42. The minimum Gasteiger partial charge on any atom is -0.325 e. The van der Waals surface area contributed by atoms with Gasteiger partial charge in [0, 0.05) is 15.9 Å². The van der Waals surface area contributed by atoms with Crippen molar-refractivity contribution in [3.05, 3.63) is 70.5 Å². The van der Waals surface area contributed by atoms with Crippen LogP contribution >= 0.6 is 15.9 Å². The maximum atomic E-state index is 13.0. The highest BCUT2D eigenvalue weighted by atomic mass is 79.9. The van der Waals surface area contributed by atoms with Crippen molar-refractivity contribution in [2.75, 3.05) is 5.32 Å². The number of halogens is 1. The van der Waals surface area contributed by atoms with Gasteiger partial charge in [-0.25, -0.2) is 13.1 Å². The zero-order valence-electron chi connectivity index (χ0n) is 16.6. The second-order valence-corrected chi connectivity index (χ2v) is 10.7. The number of benzene rings is 2. The minimum absolute atomic E-state index is 0.0947. The van der Waals surface area contributed by atoms with Crippen LogP contribution in [0.3, 0.4) is 0 Å². The van der Waals surface area contributed by atoms with E-state index in [-0.39, 0.29) is 4.90 Å². The predicted octanol–water partition coefficient (Wildman–Crippen LogP) is 4.44. The van der Waals surface area contributed by atoms with Crippen LogP contribution in [0.5, 0.6) is 0 Å². The van der Waals surface area contributed by atoms with Gasteiger partial charge >= 0.3 is 0 Å². The molecule has 8 heteroatoms. The summed E-state index contributed by atoms with van der Waals surface area (Å²) in [4.78, 5) is 13.0. The molecule has 0 unspecified atom stereocenters. The molecule has 0 bridgehead atoms. The lowest BCUT2D eigenvalue weighted by atomic mass is 10.2. The highest BCUT2D eigenvalue weighted by Crippen LogP contribution is 2.28. The van der Waals surface area contributed by atoms with E-state index in [4.69, 9.17) is 0 Å². The van der Waals surface area contributed by atoms with Gasteiger partial charge in [0.2, 0.25) is 5.91 Å². The molecule has 3 aromatic rings. The molecule has 6 nitrogen and oxygen atoms in total. The summed E-state index contributed by atoms with van der Waals surface area (Å²) in [5.74, 6) is -0.606. The number of carbonyl (C=O) groups is 1. The number of nitrogens with one attached hydrogen (secondary N) is 1. The molecule has 0 spiro atoms. The van der Waals surface area contributed by atoms with E-state index in [0.29, 0.717) is 5.69 Å². The number of anilines is 1. The maximum absolute atomic E-state index is 13.0. The third-order valence-corrected chi connectivity index (χ3v) is 7.65. The van der Waals surface area contributed by atoms with Gasteiger partial charge in [0.1, 0.15) is 4.75 Å². The van der Waals surface area contributed by atoms with Crippen LogP contribution in [-0.4, -0.2) is 28.9 Å². The van der Waals surface area contributed by atoms with E-state index in [0.717, 1.165) is 21.5 Å². The largest absolute Gasteiger partial charge is 0.325 e. The van der Waals surface area contributed by atoms with Crippen LogP contribution in [0.25, 0.3) is 5.69 Å². The summed E-state index contributed by atoms with van der Waals surface area (Å²) < 4.78 is 27.0. The average Bonchev–Trinajstić information content (AvgIpc) is 3.00. The van der Waals surface area contributed by atoms with Gasteiger partial charge in [0.05, 0.1) is 16.3 Å². The van der Waals surface area contributed by atoms with Gasteiger partial charge < -0.3 is 5.32 Å². The third kappa shape index (κ3) is 4.13. The molecular formula is C21H22BrN3O3S. The van der Waals surface area contributed by atoms with Crippen LogP contribution < -0.4 is 5.32 Å². The number of nitrogens with zero attached hydrogens (tertiary/aromatic N) is 2. The fourth-order valence-corrected chi connectivity index (χ4v) is 4.56. The zero-order valence-corrected chi connectivity index (χ0v) is 19.0. The minimum atomic E-state index is -3.89. The molecule has 0 atom stereocenters. The van der Waals surface area contributed by atoms with Gasteiger partial charge in [-0.2, -0.15) is 5.10 Å². The molecule has 1 amide bonds. The molecule has 1 heterocycles. The summed E-state index contributed by atoms with van der Waals surface area (Å²) in [6.45, 7) is 6.67. The Kier molecular flexibility index (Phi) is 5.69. The van der Waals surface area contributed by atoms with Crippen molar-refractivity contribution in [3.63, 3.8) is 0 Å². The lowest BCUT2D eigenvalue weighted by Gasteiger charge is -2.24. The Morgan fingerprint density at radius 3 is 2.31 bits per heavy atom. The second kappa shape index (κ2) is 7.76. The average molecular weight is 476 g/mol. The van der Waals surface area contributed by atoms with Crippen LogP contribution in [0.15, 0.2) is 64.0 Å². The summed E-state index contributed by atoms with van der Waals surface area (Å²) in [7, 11) is -3.89. The Bertz CT molecular complexity index is 1170. The molecule has 2 aromatic carbocycles. The fraction of sp³-hybridized carbons (Fsp3) is 0.238. The topological polar surface area (TPSA) is 81.1 Å². The Hall–Kier alpha value is -2.45. The first-order valence-corrected chi connectivity index (χ1v) is 11.3. The van der Waals surface area contributed by atoms with Gasteiger partial charge in [0.15, 0.2) is 9.84 Å². The molecule has 1 aromatic heterocycles. The zero-order chi connectivity index (χ0) is 21.4. The van der Waals surface area contributed by atoms with E-state index < -0.39 is 20.5 Å². The van der Waals surface area contributed by atoms with E-state index in [9.17, 15) is 13.2 Å². The first-order chi connectivity index (χ1) is 13.5. The number of aryl methyl sites for hydroxylation is 2. The summed E-state index contributed by atoms with van der Waals surface area (Å²) >= 11 is 3.29. The Balaban J connectivity index is 1.88. The smallest absolute Gasteiger partial charge is 0.245 e. The van der Waals surface area contributed by atoms with Gasteiger partial charge in [-0.3, -0.25) is 4.79 Å². The van der Waals surface area contributed by atoms with Gasteiger partial charge in [-0.1, -0.05) is 22.0 Å². The molecule has 1 N–H and O–H groups in total. The number of hydrogen-bond donors (Lipinski definition) is 1. The summed E-state index contributed by atoms with van der Waals surface area (Å²) in [5.41, 5.74) is 3.13. The summed E-state index contributed by atoms with van der Waals surface area (Å²) in [6.07, 6.45) is 0. The quantitative estimate of drug-likeness (QED) is 0.591. The molecule has 0 fully saturated rings. The Morgan fingerprint density at radius 2 is 1.72 bits per heavy atom. The van der Waals surface area contributed by atoms with Crippen molar-refractivity contribution in [1.82, 2.24) is 9.78 Å². The van der Waals surface area contributed by atoms with E-state index in [1.807, 2.05) is 26.0 Å². The van der Waals surface area contributed by atoms with Crippen molar-refractivity contribution in [3.8, 4) is 5.69 Å². The van der Waals surface area contributed by atoms with Crippen molar-refractivity contribution in [2.24, 2.45) is 0 Å². The molecular weight excluding hydrogens is 454 g/mol. The highest BCUT2D eigenvalue weighted by molar-refractivity contribution is 9.10. The third-order valence-electron chi connectivity index (χ3n) is 4.70. The van der Waals surface area contributed by atoms with Crippen LogP contribution in [0, 0.1) is 13.8 Å². The van der Waals surface area contributed by atoms with Gasteiger partial charge in [-0.15, -0.1) is 0 Å². The van der Waals surface area contributed by atoms with E-state index in [1.165, 1.54) is 26.0 Å². The van der Waals surface area contributed by atoms with Crippen molar-refractivity contribution >= 4 is 37.4 Å². The number of amides is 1. The molecule has 0 aliphatic rings. The molecule has 152 valence electrons. The molecule has 29 heavy (non-hydrogen) atoms. The Labute approximate surface area is 179 Å². The van der Waals surface area contributed by atoms with Crippen molar-refractivity contribution in [2.45, 2.75) is 37.3 Å². The Morgan fingerprint density at radius 1 is 1.07 bits per heavy atom. The van der Waals surface area contributed by atoms with E-state index in [1.54, 1.807) is 35.0 Å². The lowest BCUT2D eigenvalue weighted by Crippen LogP contribution is -2.44. The van der Waals surface area contributed by atoms with E-state index in [2.05, 4.69) is 26.3 Å². The molecule has 0 aliphatic carbocycles. The fourth-order valence-electron chi connectivity index (χ4n) is 2.92. The first-order valence-electron chi connectivity index (χ1n) is 8.98. The molecule has 0 radical (unpaired) electrons. The number of hydrogen-bond acceptors (Lipinski definition) is 4. The SMILES string of the molecule is Cc1cc(C)n(-c2cccc(NC(=O)C(C)(C)S(=O)(=O)c3ccc(Br)cc3)c2)n1. The number of carbonyl (C=O) groups excluding carboxylic acids is 1. The molecule has 0 aliphatic heterocycles. The van der Waals surface area contributed by atoms with Crippen LogP contribution in [0.2, 0.25) is 0 Å². The monoisotopic (exact) mass is 475 g/mol. The molecule has 0 saturated carbocycles. The maximum Gasteiger partial charge on any atom is 0.245 e. The standard InChI is InChI=1S/C21H22BrN3O3S/c1-14-12-15(2)25(24-14)18-7-5-6-17(13-18)23-20(26)21(3,4)29(27,28)19-10-8-16(22)9-11-19/h5-13H,1-4H3,(H,23,26). The summed E-state index contributed by atoms with van der Waals surface area (Å²) in [5, 5.41) is 7.18.